The van der Waals surface area contributed by atoms with Gasteiger partial charge in [0.1, 0.15) is 5.75 Å². The van der Waals surface area contributed by atoms with Gasteiger partial charge in [0.05, 0.1) is 16.6 Å². The summed E-state index contributed by atoms with van der Waals surface area (Å²) in [6.07, 6.45) is 7.59. The minimum absolute atomic E-state index is 0.00683. The molecule has 1 aromatic carbocycles. The summed E-state index contributed by atoms with van der Waals surface area (Å²) in [7, 11) is 1.86. The van der Waals surface area contributed by atoms with E-state index < -0.39 is 4.92 Å². The number of nitro groups is 1. The van der Waals surface area contributed by atoms with Gasteiger partial charge < -0.3 is 14.4 Å². The van der Waals surface area contributed by atoms with Crippen LogP contribution in [0.15, 0.2) is 24.3 Å². The number of non-ortho nitro benzene ring substituents is 1. The maximum Gasteiger partial charge on any atom is 0.273 e. The molecule has 2 aliphatic heterocycles. The first-order valence-corrected chi connectivity index (χ1v) is 11.0. The van der Waals surface area contributed by atoms with Crippen molar-refractivity contribution in [3.63, 3.8) is 0 Å². The molecule has 0 N–H and O–H groups in total. The van der Waals surface area contributed by atoms with Gasteiger partial charge in [0.15, 0.2) is 6.61 Å². The number of likely N-dealkylation sites (N-methyl/N-ethyl adjacent to an activating group) is 1. The van der Waals surface area contributed by atoms with E-state index in [2.05, 4.69) is 4.90 Å². The Hall–Kier alpha value is -2.19. The predicted octanol–water partition coefficient (Wildman–Crippen LogP) is 3.00. The second-order valence-electron chi connectivity index (χ2n) is 8.80. The van der Waals surface area contributed by atoms with E-state index in [1.54, 1.807) is 12.1 Å². The topological polar surface area (TPSA) is 85.2 Å². The first-order valence-electron chi connectivity index (χ1n) is 11.0. The molecule has 1 saturated carbocycles. The predicted molar refractivity (Wildman–Crippen MR) is 112 cm³/mol. The molecule has 3 aliphatic rings. The number of nitro benzene ring substituents is 1. The summed E-state index contributed by atoms with van der Waals surface area (Å²) < 4.78 is 11.8. The van der Waals surface area contributed by atoms with Crippen LogP contribution in [0.25, 0.3) is 0 Å². The van der Waals surface area contributed by atoms with E-state index in [4.69, 9.17) is 9.47 Å². The number of benzene rings is 1. The highest BCUT2D eigenvalue weighted by Crippen LogP contribution is 2.42. The van der Waals surface area contributed by atoms with Crippen molar-refractivity contribution in [1.82, 2.24) is 9.80 Å². The van der Waals surface area contributed by atoms with Crippen LogP contribution < -0.4 is 4.74 Å². The quantitative estimate of drug-likeness (QED) is 0.523. The van der Waals surface area contributed by atoms with Gasteiger partial charge in [-0.05, 0) is 64.1 Å². The number of carbonyl (C=O) groups is 1. The second-order valence-corrected chi connectivity index (χ2v) is 8.80. The highest BCUT2D eigenvalue weighted by Gasteiger charge is 2.47. The number of carbonyl (C=O) groups excluding carboxylic acids is 1. The van der Waals surface area contributed by atoms with E-state index in [0.717, 1.165) is 51.8 Å². The molecule has 8 nitrogen and oxygen atoms in total. The lowest BCUT2D eigenvalue weighted by Crippen LogP contribution is -2.58. The zero-order valence-electron chi connectivity index (χ0n) is 17.6. The Bertz CT molecular complexity index is 774. The van der Waals surface area contributed by atoms with E-state index in [1.165, 1.54) is 25.0 Å². The third-order valence-corrected chi connectivity index (χ3v) is 7.00. The molecule has 0 unspecified atom stereocenters. The Morgan fingerprint density at radius 3 is 2.83 bits per heavy atom. The number of nitrogens with zero attached hydrogens (tertiary/aromatic N) is 3. The zero-order chi connectivity index (χ0) is 21.1. The summed E-state index contributed by atoms with van der Waals surface area (Å²) in [6.45, 7) is 2.90. The fourth-order valence-electron chi connectivity index (χ4n) is 5.35. The van der Waals surface area contributed by atoms with Gasteiger partial charge in [-0.2, -0.15) is 0 Å². The Morgan fingerprint density at radius 1 is 1.33 bits per heavy atom. The number of ether oxygens (including phenoxy) is 2. The van der Waals surface area contributed by atoms with Gasteiger partial charge in [-0.3, -0.25) is 19.8 Å². The second kappa shape index (κ2) is 8.89. The molecule has 30 heavy (non-hydrogen) atoms. The van der Waals surface area contributed by atoms with Gasteiger partial charge in [-0.1, -0.05) is 6.07 Å². The highest BCUT2D eigenvalue weighted by molar-refractivity contribution is 5.78. The van der Waals surface area contributed by atoms with Crippen molar-refractivity contribution in [1.29, 1.82) is 0 Å². The van der Waals surface area contributed by atoms with Crippen molar-refractivity contribution in [3.8, 4) is 5.75 Å². The third kappa shape index (κ3) is 4.44. The molecule has 1 aliphatic carbocycles. The minimum Gasteiger partial charge on any atom is -0.484 e. The molecule has 4 rings (SSSR count). The molecule has 164 valence electrons. The Morgan fingerprint density at radius 2 is 2.13 bits per heavy atom. The summed E-state index contributed by atoms with van der Waals surface area (Å²) in [6, 6.07) is 6.40. The molecule has 0 radical (unpaired) electrons. The molecular weight excluding hydrogens is 386 g/mol. The maximum atomic E-state index is 12.9. The van der Waals surface area contributed by atoms with Crippen molar-refractivity contribution in [2.75, 3.05) is 33.4 Å². The number of hydrogen-bond donors (Lipinski definition) is 0. The largest absolute Gasteiger partial charge is 0.484 e. The van der Waals surface area contributed by atoms with E-state index in [9.17, 15) is 14.9 Å². The van der Waals surface area contributed by atoms with E-state index in [-0.39, 0.29) is 29.8 Å². The van der Waals surface area contributed by atoms with Gasteiger partial charge in [-0.15, -0.1) is 0 Å². The van der Waals surface area contributed by atoms with Gasteiger partial charge in [0.25, 0.3) is 11.6 Å². The molecule has 1 aromatic rings. The molecule has 2 saturated heterocycles. The summed E-state index contributed by atoms with van der Waals surface area (Å²) in [4.78, 5) is 27.8. The molecule has 1 spiro atoms. The van der Waals surface area contributed by atoms with Crippen LogP contribution in [-0.4, -0.2) is 71.7 Å². The van der Waals surface area contributed by atoms with Crippen LogP contribution >= 0.6 is 0 Å². The standard InChI is InChI=1S/C22H31N3O5/c1-23(21(26)16-29-18-7-4-6-17(14-18)25(27)28)19-8-10-22(9-5-13-30-22)15-20(19)24-11-2-3-12-24/h4,6-7,14,19-20H,2-3,5,8-13,15-16H2,1H3/t19-,20+,22-/m1/s1. The molecule has 8 heteroatoms. The third-order valence-electron chi connectivity index (χ3n) is 7.00. The lowest BCUT2D eigenvalue weighted by molar-refractivity contribution is -0.384. The molecule has 1 amide bonds. The summed E-state index contributed by atoms with van der Waals surface area (Å²) >= 11 is 0. The van der Waals surface area contributed by atoms with Crippen LogP contribution in [0.5, 0.6) is 5.75 Å². The lowest BCUT2D eigenvalue weighted by atomic mass is 9.76. The van der Waals surface area contributed by atoms with Crippen molar-refractivity contribution in [2.45, 2.75) is 62.6 Å². The maximum absolute atomic E-state index is 12.9. The fraction of sp³-hybridized carbons (Fsp3) is 0.682. The zero-order valence-corrected chi connectivity index (χ0v) is 17.6. The van der Waals surface area contributed by atoms with Crippen LogP contribution in [-0.2, 0) is 9.53 Å². The molecule has 3 fully saturated rings. The Labute approximate surface area is 177 Å². The molecular formula is C22H31N3O5. The average Bonchev–Trinajstić information content (AvgIpc) is 3.44. The first kappa shape index (κ1) is 21.1. The fourth-order valence-corrected chi connectivity index (χ4v) is 5.35. The number of rotatable bonds is 6. The van der Waals surface area contributed by atoms with Gasteiger partial charge in [0, 0.05) is 31.8 Å². The number of hydrogen-bond acceptors (Lipinski definition) is 6. The molecule has 2 heterocycles. The van der Waals surface area contributed by atoms with E-state index in [1.807, 2.05) is 11.9 Å². The molecule has 0 aromatic heterocycles. The summed E-state index contributed by atoms with van der Waals surface area (Å²) in [5.41, 5.74) is -0.0517. The number of likely N-dealkylation sites (tertiary alicyclic amines) is 1. The highest BCUT2D eigenvalue weighted by atomic mass is 16.6. The van der Waals surface area contributed by atoms with Crippen molar-refractivity contribution >= 4 is 11.6 Å². The molecule has 3 atom stereocenters. The first-order chi connectivity index (χ1) is 14.5. The van der Waals surface area contributed by atoms with Crippen LogP contribution in [0.2, 0.25) is 0 Å². The van der Waals surface area contributed by atoms with Crippen molar-refractivity contribution in [2.24, 2.45) is 0 Å². The average molecular weight is 418 g/mol. The van der Waals surface area contributed by atoms with Crippen LogP contribution in [0.4, 0.5) is 5.69 Å². The van der Waals surface area contributed by atoms with Crippen LogP contribution in [0.1, 0.15) is 44.9 Å². The van der Waals surface area contributed by atoms with E-state index in [0.29, 0.717) is 11.8 Å². The van der Waals surface area contributed by atoms with Crippen LogP contribution in [0.3, 0.4) is 0 Å². The van der Waals surface area contributed by atoms with Crippen molar-refractivity contribution < 1.29 is 19.2 Å². The van der Waals surface area contributed by atoms with Crippen molar-refractivity contribution in [3.05, 3.63) is 34.4 Å². The normalized spacial score (nSPS) is 29.2. The summed E-state index contributed by atoms with van der Waals surface area (Å²) in [5.74, 6) is 0.239. The summed E-state index contributed by atoms with van der Waals surface area (Å²) in [5, 5.41) is 10.9. The number of amides is 1. The lowest BCUT2D eigenvalue weighted by Gasteiger charge is -2.48. The smallest absolute Gasteiger partial charge is 0.273 e. The monoisotopic (exact) mass is 417 g/mol. The van der Waals surface area contributed by atoms with Crippen LogP contribution in [0, 0.1) is 10.1 Å². The van der Waals surface area contributed by atoms with E-state index >= 15 is 0 Å². The SMILES string of the molecule is CN(C(=O)COc1cccc([N+](=O)[O-])c1)[C@@H]1CC[C@]2(CCCO2)C[C@@H]1N1CCCC1. The Kier molecular flexibility index (Phi) is 6.24. The minimum atomic E-state index is -0.468. The molecule has 0 bridgehead atoms. The van der Waals surface area contributed by atoms with Gasteiger partial charge in [-0.25, -0.2) is 0 Å². The van der Waals surface area contributed by atoms with Gasteiger partial charge in [0.2, 0.25) is 0 Å². The van der Waals surface area contributed by atoms with Gasteiger partial charge >= 0.3 is 0 Å². The Balaban J connectivity index is 1.41.